The third-order valence-corrected chi connectivity index (χ3v) is 11.5. The molecule has 0 N–H and O–H groups in total. The molecule has 3 heterocycles. The molecular weight excluding hydrogens is 763 g/mol. The summed E-state index contributed by atoms with van der Waals surface area (Å²) in [6.45, 7) is 3.80. The van der Waals surface area contributed by atoms with Crippen molar-refractivity contribution >= 4 is 43.6 Å². The van der Waals surface area contributed by atoms with Crippen LogP contribution in [0.2, 0.25) is 0 Å². The molecule has 0 aliphatic heterocycles. The Hall–Kier alpha value is -9.33. The minimum Gasteiger partial charge on any atom is -0.308 e. The van der Waals surface area contributed by atoms with E-state index in [1.54, 1.807) is 36.4 Å². The number of hydrogen-bond donors (Lipinski definition) is 0. The lowest BCUT2D eigenvalue weighted by atomic mass is 9.97. The maximum atomic E-state index is 11.5. The smallest absolute Gasteiger partial charge is 0.126 e. The Bertz CT molecular complexity index is 3560. The van der Waals surface area contributed by atoms with E-state index in [1.807, 2.05) is 105 Å². The first-order valence-electron chi connectivity index (χ1n) is 19.7. The van der Waals surface area contributed by atoms with Gasteiger partial charge in [-0.15, -0.1) is 0 Å². The quantitative estimate of drug-likeness (QED) is 0.168. The van der Waals surface area contributed by atoms with E-state index >= 15 is 0 Å². The number of nitriles is 5. The monoisotopic (exact) mass is 791 g/mol. The summed E-state index contributed by atoms with van der Waals surface area (Å²) in [6.07, 6.45) is 0. The average Bonchev–Trinajstić information content (AvgIpc) is 3.82. The van der Waals surface area contributed by atoms with Crippen molar-refractivity contribution in [3.8, 4) is 75.2 Å². The summed E-state index contributed by atoms with van der Waals surface area (Å²) >= 11 is 0. The van der Waals surface area contributed by atoms with Crippen molar-refractivity contribution in [1.29, 1.82) is 26.3 Å². The van der Waals surface area contributed by atoms with Crippen molar-refractivity contribution in [2.45, 2.75) is 13.8 Å². The molecule has 286 valence electrons. The molecule has 0 aliphatic rings. The first-order valence-corrected chi connectivity index (χ1v) is 19.7. The first-order chi connectivity index (χ1) is 30.3. The molecule has 0 fully saturated rings. The summed E-state index contributed by atoms with van der Waals surface area (Å²) in [5.74, 6) is 0.613. The van der Waals surface area contributed by atoms with E-state index in [-0.39, 0.29) is 0 Å². The van der Waals surface area contributed by atoms with Gasteiger partial charge in [-0.2, -0.15) is 26.3 Å². The lowest BCUT2D eigenvalue weighted by molar-refractivity contribution is 1.01. The van der Waals surface area contributed by atoms with Crippen LogP contribution in [0.15, 0.2) is 140 Å². The second kappa shape index (κ2) is 14.5. The lowest BCUT2D eigenvalue weighted by Gasteiger charge is -2.19. The topological polar surface area (TPSA) is 155 Å². The highest BCUT2D eigenvalue weighted by Crippen LogP contribution is 2.42. The number of para-hydroxylation sites is 2. The predicted molar refractivity (Wildman–Crippen MR) is 240 cm³/mol. The number of benzene rings is 7. The van der Waals surface area contributed by atoms with Gasteiger partial charge in [-0.3, -0.25) is 0 Å². The van der Waals surface area contributed by atoms with Gasteiger partial charge in [0, 0.05) is 32.8 Å². The second-order valence-corrected chi connectivity index (χ2v) is 15.1. The third kappa shape index (κ3) is 5.81. The van der Waals surface area contributed by atoms with E-state index in [9.17, 15) is 26.3 Å². The fourth-order valence-electron chi connectivity index (χ4n) is 8.80. The zero-order valence-corrected chi connectivity index (χ0v) is 33.3. The first kappa shape index (κ1) is 37.0. The van der Waals surface area contributed by atoms with Crippen molar-refractivity contribution < 1.29 is 0 Å². The highest BCUT2D eigenvalue weighted by atomic mass is 15.0. The Morgan fingerprint density at radius 3 is 1.35 bits per heavy atom. The Balaban J connectivity index is 1.33. The standard InChI is InChI=1S/C53H29N9/c1-31-19-47(60-32(2)59-31)37-24-52(61-48-9-5-3-7-42(48)44-17-13-35(22-50(44)61)40-15-11-33(26-54)20-38(40)28-56)46(30-58)53(25-37)62-49-10-6-4-8-43(49)45-18-14-36(23-51(45)62)41-16-12-34(27-55)21-39(41)29-57/h3-25H,1-2H3. The zero-order valence-electron chi connectivity index (χ0n) is 33.3. The normalized spacial score (nSPS) is 11.0. The van der Waals surface area contributed by atoms with Crippen LogP contribution in [0.1, 0.15) is 39.3 Å². The predicted octanol–water partition coefficient (Wildman–Crippen LogP) is 11.6. The molecule has 7 aromatic carbocycles. The average molecular weight is 792 g/mol. The van der Waals surface area contributed by atoms with Gasteiger partial charge in [0.2, 0.25) is 0 Å². The minimum atomic E-state index is 0.385. The van der Waals surface area contributed by atoms with E-state index in [4.69, 9.17) is 4.98 Å². The number of nitrogens with zero attached hydrogens (tertiary/aromatic N) is 9. The largest absolute Gasteiger partial charge is 0.308 e. The third-order valence-electron chi connectivity index (χ3n) is 11.5. The summed E-state index contributed by atoms with van der Waals surface area (Å²) < 4.78 is 4.23. The van der Waals surface area contributed by atoms with Crippen LogP contribution >= 0.6 is 0 Å². The van der Waals surface area contributed by atoms with Crippen molar-refractivity contribution in [2.75, 3.05) is 0 Å². The summed E-state index contributed by atoms with van der Waals surface area (Å²) in [5, 5.41) is 54.9. The molecule has 0 saturated heterocycles. The van der Waals surface area contributed by atoms with Crippen LogP contribution in [-0.4, -0.2) is 19.1 Å². The van der Waals surface area contributed by atoms with Crippen molar-refractivity contribution in [3.05, 3.63) is 179 Å². The van der Waals surface area contributed by atoms with Crippen LogP contribution in [0.4, 0.5) is 0 Å². The van der Waals surface area contributed by atoms with Crippen molar-refractivity contribution in [1.82, 2.24) is 19.1 Å². The van der Waals surface area contributed by atoms with Crippen molar-refractivity contribution in [3.63, 3.8) is 0 Å². The molecule has 9 heteroatoms. The molecule has 0 bridgehead atoms. The second-order valence-electron chi connectivity index (χ2n) is 15.1. The molecule has 0 atom stereocenters. The molecular formula is C53H29N9. The van der Waals surface area contributed by atoms with Gasteiger partial charge in [0.05, 0.1) is 85.7 Å². The van der Waals surface area contributed by atoms with Crippen LogP contribution in [0.5, 0.6) is 0 Å². The highest BCUT2D eigenvalue weighted by molar-refractivity contribution is 6.12. The van der Waals surface area contributed by atoms with Gasteiger partial charge in [-0.05, 0) is 103 Å². The van der Waals surface area contributed by atoms with Crippen LogP contribution in [0.3, 0.4) is 0 Å². The summed E-state index contributed by atoms with van der Waals surface area (Å²) in [4.78, 5) is 9.48. The Morgan fingerprint density at radius 1 is 0.419 bits per heavy atom. The molecule has 10 aromatic rings. The van der Waals surface area contributed by atoms with Gasteiger partial charge in [-0.25, -0.2) is 9.97 Å². The molecule has 3 aromatic heterocycles. The number of fused-ring (bicyclic) bond motifs is 6. The number of hydrogen-bond acceptors (Lipinski definition) is 7. The Morgan fingerprint density at radius 2 is 0.903 bits per heavy atom. The van der Waals surface area contributed by atoms with Gasteiger partial charge in [-0.1, -0.05) is 72.8 Å². The molecule has 0 unspecified atom stereocenters. The maximum Gasteiger partial charge on any atom is 0.126 e. The van der Waals surface area contributed by atoms with E-state index in [0.717, 1.165) is 66.0 Å². The fraction of sp³-hybridized carbons (Fsp3) is 0.0377. The van der Waals surface area contributed by atoms with E-state index < -0.39 is 0 Å². The van der Waals surface area contributed by atoms with E-state index in [0.29, 0.717) is 61.8 Å². The van der Waals surface area contributed by atoms with Gasteiger partial charge < -0.3 is 9.13 Å². The lowest BCUT2D eigenvalue weighted by Crippen LogP contribution is -2.06. The molecule has 10 rings (SSSR count). The van der Waals surface area contributed by atoms with Gasteiger partial charge in [0.25, 0.3) is 0 Å². The molecule has 9 nitrogen and oxygen atoms in total. The number of aromatic nitrogens is 4. The SMILES string of the molecule is Cc1cc(-c2cc(-n3c4ccccc4c4ccc(-c5ccc(C#N)cc5C#N)cc43)c(C#N)c(-n3c4ccccc4c4ccc(-c5ccc(C#N)cc5C#N)cc43)c2)nc(C)n1. The van der Waals surface area contributed by atoms with Crippen molar-refractivity contribution in [2.24, 2.45) is 0 Å². The maximum absolute atomic E-state index is 11.5. The molecule has 0 aliphatic carbocycles. The summed E-state index contributed by atoms with van der Waals surface area (Å²) in [5.41, 5.74) is 11.8. The van der Waals surface area contributed by atoms with Crippen LogP contribution in [0, 0.1) is 70.5 Å². The fourth-order valence-corrected chi connectivity index (χ4v) is 8.80. The minimum absolute atomic E-state index is 0.385. The molecule has 0 radical (unpaired) electrons. The van der Waals surface area contributed by atoms with E-state index in [1.165, 1.54) is 0 Å². The number of aryl methyl sites for hydroxylation is 2. The molecule has 0 spiro atoms. The van der Waals surface area contributed by atoms with Crippen LogP contribution in [0.25, 0.3) is 88.5 Å². The number of rotatable bonds is 5. The van der Waals surface area contributed by atoms with Gasteiger partial charge >= 0.3 is 0 Å². The molecule has 0 saturated carbocycles. The zero-order chi connectivity index (χ0) is 42.6. The van der Waals surface area contributed by atoms with Crippen LogP contribution < -0.4 is 0 Å². The Labute approximate surface area is 355 Å². The molecule has 62 heavy (non-hydrogen) atoms. The van der Waals surface area contributed by atoms with Crippen LogP contribution in [-0.2, 0) is 0 Å². The Kier molecular flexibility index (Phi) is 8.64. The molecule has 0 amide bonds. The summed E-state index contributed by atoms with van der Waals surface area (Å²) in [6, 6.07) is 56.0. The van der Waals surface area contributed by atoms with Gasteiger partial charge in [0.1, 0.15) is 17.5 Å². The summed E-state index contributed by atoms with van der Waals surface area (Å²) in [7, 11) is 0. The highest BCUT2D eigenvalue weighted by Gasteiger charge is 2.24. The van der Waals surface area contributed by atoms with E-state index in [2.05, 4.69) is 56.6 Å². The van der Waals surface area contributed by atoms with Gasteiger partial charge in [0.15, 0.2) is 0 Å².